The SMILES string of the molecule is C[C@@H]1C[C@H](C)CN(S(=O)(=O)c2ccc(NC(=O)COc3ccccc3F)cc2)C1. The molecule has 3 rings (SSSR count). The third-order valence-electron chi connectivity index (χ3n) is 4.81. The Bertz CT molecular complexity index is 953. The molecule has 1 fully saturated rings. The van der Waals surface area contributed by atoms with Gasteiger partial charge in [-0.3, -0.25) is 4.79 Å². The van der Waals surface area contributed by atoms with E-state index in [1.807, 2.05) is 0 Å². The molecule has 1 amide bonds. The maximum Gasteiger partial charge on any atom is 0.262 e. The highest BCUT2D eigenvalue weighted by molar-refractivity contribution is 7.89. The molecular weight excluding hydrogens is 395 g/mol. The molecule has 1 aliphatic rings. The molecule has 0 saturated carbocycles. The Morgan fingerprint density at radius 1 is 1.10 bits per heavy atom. The Morgan fingerprint density at radius 2 is 1.72 bits per heavy atom. The lowest BCUT2D eigenvalue weighted by atomic mass is 9.94. The third-order valence-corrected chi connectivity index (χ3v) is 6.65. The molecule has 0 aromatic heterocycles. The van der Waals surface area contributed by atoms with Crippen LogP contribution in [0.5, 0.6) is 5.75 Å². The van der Waals surface area contributed by atoms with Crippen molar-refractivity contribution in [1.29, 1.82) is 0 Å². The number of carbonyl (C=O) groups is 1. The van der Waals surface area contributed by atoms with Gasteiger partial charge in [0, 0.05) is 18.8 Å². The van der Waals surface area contributed by atoms with E-state index in [0.29, 0.717) is 30.6 Å². The van der Waals surface area contributed by atoms with Crippen LogP contribution in [0.3, 0.4) is 0 Å². The first-order valence-corrected chi connectivity index (χ1v) is 11.0. The van der Waals surface area contributed by atoms with Gasteiger partial charge in [-0.25, -0.2) is 12.8 Å². The lowest BCUT2D eigenvalue weighted by Crippen LogP contribution is -2.42. The van der Waals surface area contributed by atoms with E-state index in [-0.39, 0.29) is 17.3 Å². The van der Waals surface area contributed by atoms with Crippen LogP contribution in [0.2, 0.25) is 0 Å². The number of sulfonamides is 1. The molecular formula is C21H25FN2O4S. The number of nitrogens with zero attached hydrogens (tertiary/aromatic N) is 1. The van der Waals surface area contributed by atoms with Crippen LogP contribution in [-0.2, 0) is 14.8 Å². The summed E-state index contributed by atoms with van der Waals surface area (Å²) >= 11 is 0. The topological polar surface area (TPSA) is 75.7 Å². The number of anilines is 1. The summed E-state index contributed by atoms with van der Waals surface area (Å²) in [6, 6.07) is 11.8. The van der Waals surface area contributed by atoms with Crippen LogP contribution in [-0.4, -0.2) is 38.3 Å². The number of carbonyl (C=O) groups excluding carboxylic acids is 1. The van der Waals surface area contributed by atoms with Gasteiger partial charge in [0.15, 0.2) is 18.2 Å². The molecule has 29 heavy (non-hydrogen) atoms. The first kappa shape index (κ1) is 21.3. The second kappa shape index (κ2) is 8.92. The minimum absolute atomic E-state index is 0.00548. The summed E-state index contributed by atoms with van der Waals surface area (Å²) in [6.07, 6.45) is 1.02. The Hall–Kier alpha value is -2.45. The first-order chi connectivity index (χ1) is 13.8. The number of piperidine rings is 1. The fourth-order valence-corrected chi connectivity index (χ4v) is 5.24. The summed E-state index contributed by atoms with van der Waals surface area (Å²) in [6.45, 7) is 4.78. The lowest BCUT2D eigenvalue weighted by Gasteiger charge is -2.34. The van der Waals surface area contributed by atoms with E-state index >= 15 is 0 Å². The maximum absolute atomic E-state index is 13.5. The highest BCUT2D eigenvalue weighted by Gasteiger charge is 2.31. The Kier molecular flexibility index (Phi) is 6.54. The average molecular weight is 421 g/mol. The molecule has 0 radical (unpaired) electrons. The molecule has 1 aliphatic heterocycles. The van der Waals surface area contributed by atoms with Crippen molar-refractivity contribution in [1.82, 2.24) is 4.31 Å². The molecule has 0 bridgehead atoms. The largest absolute Gasteiger partial charge is 0.481 e. The van der Waals surface area contributed by atoms with E-state index in [1.54, 1.807) is 6.07 Å². The molecule has 2 aromatic rings. The van der Waals surface area contributed by atoms with Gasteiger partial charge in [0.1, 0.15) is 0 Å². The number of hydrogen-bond donors (Lipinski definition) is 1. The van der Waals surface area contributed by atoms with Crippen molar-refractivity contribution < 1.29 is 22.3 Å². The summed E-state index contributed by atoms with van der Waals surface area (Å²) in [5.41, 5.74) is 0.437. The van der Waals surface area contributed by atoms with Crippen LogP contribution in [0.15, 0.2) is 53.4 Å². The van der Waals surface area contributed by atoms with Crippen molar-refractivity contribution in [3.05, 3.63) is 54.3 Å². The Balaban J connectivity index is 1.61. The number of nitrogens with one attached hydrogen (secondary N) is 1. The minimum atomic E-state index is -3.57. The van der Waals surface area contributed by atoms with Crippen molar-refractivity contribution in [2.24, 2.45) is 11.8 Å². The first-order valence-electron chi connectivity index (χ1n) is 9.53. The quantitative estimate of drug-likeness (QED) is 0.776. The van der Waals surface area contributed by atoms with E-state index in [2.05, 4.69) is 19.2 Å². The number of benzene rings is 2. The Morgan fingerprint density at radius 3 is 2.34 bits per heavy atom. The number of para-hydroxylation sites is 1. The predicted molar refractivity (Wildman–Crippen MR) is 109 cm³/mol. The second-order valence-corrected chi connectivity index (χ2v) is 9.50. The summed E-state index contributed by atoms with van der Waals surface area (Å²) in [4.78, 5) is 12.2. The van der Waals surface area contributed by atoms with Crippen molar-refractivity contribution in [2.45, 2.75) is 25.2 Å². The molecule has 1 heterocycles. The van der Waals surface area contributed by atoms with Gasteiger partial charge in [0.25, 0.3) is 5.91 Å². The van der Waals surface area contributed by atoms with Crippen LogP contribution in [0.4, 0.5) is 10.1 Å². The average Bonchev–Trinajstić information content (AvgIpc) is 2.67. The number of halogens is 1. The van der Waals surface area contributed by atoms with E-state index in [4.69, 9.17) is 4.74 Å². The van der Waals surface area contributed by atoms with Crippen molar-refractivity contribution in [3.8, 4) is 5.75 Å². The molecule has 8 heteroatoms. The number of rotatable bonds is 6. The highest BCUT2D eigenvalue weighted by Crippen LogP contribution is 2.27. The standard InChI is InChI=1S/C21H25FN2O4S/c1-15-11-16(2)13-24(12-15)29(26,27)18-9-7-17(8-10-18)23-21(25)14-28-20-6-4-3-5-19(20)22/h3-10,15-16H,11-14H2,1-2H3,(H,23,25)/t15-,16+. The van der Waals surface area contributed by atoms with Crippen LogP contribution in [0.1, 0.15) is 20.3 Å². The summed E-state index contributed by atoms with van der Waals surface area (Å²) < 4.78 is 46.0. The maximum atomic E-state index is 13.5. The molecule has 0 aliphatic carbocycles. The zero-order chi connectivity index (χ0) is 21.0. The zero-order valence-electron chi connectivity index (χ0n) is 16.5. The Labute approximate surface area is 170 Å². The summed E-state index contributed by atoms with van der Waals surface area (Å²) in [7, 11) is -3.57. The molecule has 0 spiro atoms. The zero-order valence-corrected chi connectivity index (χ0v) is 17.3. The second-order valence-electron chi connectivity index (χ2n) is 7.56. The van der Waals surface area contributed by atoms with Crippen molar-refractivity contribution in [3.63, 3.8) is 0 Å². The normalized spacial score (nSPS) is 20.2. The van der Waals surface area contributed by atoms with Gasteiger partial charge < -0.3 is 10.1 Å². The van der Waals surface area contributed by atoms with Gasteiger partial charge in [-0.2, -0.15) is 4.31 Å². The number of ether oxygens (including phenoxy) is 1. The van der Waals surface area contributed by atoms with Crippen LogP contribution < -0.4 is 10.1 Å². The predicted octanol–water partition coefficient (Wildman–Crippen LogP) is 3.51. The van der Waals surface area contributed by atoms with Crippen LogP contribution in [0.25, 0.3) is 0 Å². The van der Waals surface area contributed by atoms with Gasteiger partial charge in [-0.1, -0.05) is 26.0 Å². The van der Waals surface area contributed by atoms with E-state index in [1.165, 1.54) is 46.8 Å². The van der Waals surface area contributed by atoms with Gasteiger partial charge in [-0.15, -0.1) is 0 Å². The van der Waals surface area contributed by atoms with E-state index in [0.717, 1.165) is 6.42 Å². The van der Waals surface area contributed by atoms with E-state index < -0.39 is 21.7 Å². The molecule has 2 atom stereocenters. The number of amides is 1. The molecule has 1 saturated heterocycles. The van der Waals surface area contributed by atoms with E-state index in [9.17, 15) is 17.6 Å². The lowest BCUT2D eigenvalue weighted by molar-refractivity contribution is -0.118. The molecule has 2 aromatic carbocycles. The van der Waals surface area contributed by atoms with Gasteiger partial charge in [-0.05, 0) is 54.7 Å². The van der Waals surface area contributed by atoms with Gasteiger partial charge in [0.2, 0.25) is 10.0 Å². The van der Waals surface area contributed by atoms with Crippen molar-refractivity contribution >= 4 is 21.6 Å². The minimum Gasteiger partial charge on any atom is -0.481 e. The van der Waals surface area contributed by atoms with Crippen LogP contribution in [0, 0.1) is 17.7 Å². The molecule has 6 nitrogen and oxygen atoms in total. The van der Waals surface area contributed by atoms with Crippen LogP contribution >= 0.6 is 0 Å². The molecule has 156 valence electrons. The molecule has 0 unspecified atom stereocenters. The number of hydrogen-bond acceptors (Lipinski definition) is 4. The fraction of sp³-hybridized carbons (Fsp3) is 0.381. The summed E-state index contributed by atoms with van der Waals surface area (Å²) in [5.74, 6) is -0.379. The van der Waals surface area contributed by atoms with Gasteiger partial charge >= 0.3 is 0 Å². The third kappa shape index (κ3) is 5.33. The fourth-order valence-electron chi connectivity index (χ4n) is 3.56. The van der Waals surface area contributed by atoms with Gasteiger partial charge in [0.05, 0.1) is 4.90 Å². The smallest absolute Gasteiger partial charge is 0.262 e. The monoisotopic (exact) mass is 420 g/mol. The highest BCUT2D eigenvalue weighted by atomic mass is 32.2. The van der Waals surface area contributed by atoms with Crippen molar-refractivity contribution in [2.75, 3.05) is 25.0 Å². The molecule has 1 N–H and O–H groups in total. The summed E-state index contributed by atoms with van der Waals surface area (Å²) in [5, 5.41) is 2.61.